The second kappa shape index (κ2) is 2.64. The van der Waals surface area contributed by atoms with Gasteiger partial charge in [-0.05, 0) is 0 Å². The molecule has 8 heavy (non-hydrogen) atoms. The molecule has 0 aliphatic heterocycles. The van der Waals surface area contributed by atoms with Gasteiger partial charge in [-0.25, -0.2) is 9.59 Å². The first kappa shape index (κ1) is 6.50. The van der Waals surface area contributed by atoms with Gasteiger partial charge in [-0.1, -0.05) is 0 Å². The van der Waals surface area contributed by atoms with Crippen molar-refractivity contribution in [1.82, 2.24) is 0 Å². The molecule has 0 spiro atoms. The fourth-order valence-electron chi connectivity index (χ4n) is 0.107. The molecule has 0 rings (SSSR count). The molecule has 0 aromatic rings. The third kappa shape index (κ3) is 4.50. The summed E-state index contributed by atoms with van der Waals surface area (Å²) in [6, 6.07) is 0. The van der Waals surface area contributed by atoms with E-state index in [1.807, 2.05) is 0 Å². The maximum atomic E-state index is 9.47. The molecular weight excluding hydrogens is 113 g/mol. The van der Waals surface area contributed by atoms with Crippen LogP contribution < -0.4 is 0 Å². The lowest BCUT2D eigenvalue weighted by molar-refractivity contribution is -0.132. The summed E-state index contributed by atoms with van der Waals surface area (Å²) >= 11 is 0. The van der Waals surface area contributed by atoms with E-state index in [0.29, 0.717) is 0 Å². The van der Waals surface area contributed by atoms with E-state index in [9.17, 15) is 9.59 Å². The van der Waals surface area contributed by atoms with Crippen molar-refractivity contribution < 1.29 is 19.8 Å². The van der Waals surface area contributed by atoms with Crippen LogP contribution in [0, 0.1) is 11.8 Å². The Bertz CT molecular complexity index is 152. The molecule has 0 amide bonds. The average molecular weight is 115 g/mol. The van der Waals surface area contributed by atoms with Crippen molar-refractivity contribution >= 4 is 11.9 Å². The molecule has 0 aliphatic rings. The minimum Gasteiger partial charge on any atom is -0.472 e. The molecule has 42 valence electrons. The van der Waals surface area contributed by atoms with Gasteiger partial charge in [0.05, 0.1) is 0 Å². The summed E-state index contributed by atoms with van der Waals surface area (Å²) < 4.78 is 0. The Balaban J connectivity index is 3.87. The van der Waals surface area contributed by atoms with Gasteiger partial charge < -0.3 is 10.2 Å². The van der Waals surface area contributed by atoms with Gasteiger partial charge in [-0.2, -0.15) is 0 Å². The molecule has 0 fully saturated rings. The van der Waals surface area contributed by atoms with E-state index in [2.05, 4.69) is 0 Å². The zero-order chi connectivity index (χ0) is 6.57. The molecule has 0 atom stereocenters. The fourth-order valence-corrected chi connectivity index (χ4v) is 0.107. The van der Waals surface area contributed by atoms with Crippen molar-refractivity contribution in [2.75, 3.05) is 0 Å². The molecule has 0 heterocycles. The number of rotatable bonds is 0. The van der Waals surface area contributed by atoms with Gasteiger partial charge in [-0.15, -0.1) is 0 Å². The SMILES string of the molecule is O=C(O)C#[13C]C(=O)O. The number of aliphatic carboxylic acids is 2. The molecule has 0 aromatic carbocycles. The normalized spacial score (nSPS) is 6.50. The summed E-state index contributed by atoms with van der Waals surface area (Å²) in [5.41, 5.74) is 0. The Kier molecular flexibility index (Phi) is 2.14. The quantitative estimate of drug-likeness (QED) is 0.319. The van der Waals surface area contributed by atoms with Gasteiger partial charge in [0.15, 0.2) is 0 Å². The molecule has 0 aliphatic carbocycles. The minimum absolute atomic E-state index is 1.41. The maximum Gasteiger partial charge on any atom is 0.382 e. The van der Waals surface area contributed by atoms with Crippen molar-refractivity contribution in [2.45, 2.75) is 0 Å². The molecule has 0 unspecified atom stereocenters. The lowest BCUT2D eigenvalue weighted by Gasteiger charge is -1.68. The van der Waals surface area contributed by atoms with Crippen molar-refractivity contribution in [1.29, 1.82) is 0 Å². The molecule has 2 N–H and O–H groups in total. The molecule has 0 aromatic heterocycles. The van der Waals surface area contributed by atoms with E-state index in [0.717, 1.165) is 0 Å². The van der Waals surface area contributed by atoms with Crippen LogP contribution >= 0.6 is 0 Å². The second-order valence-corrected chi connectivity index (χ2v) is 0.860. The predicted octanol–water partition coefficient (Wildman–Crippen LogP) is -0.841. The highest BCUT2D eigenvalue weighted by atomic mass is 16.4. The standard InChI is InChI=1S/C4H2O4/c5-3(6)1-2-4(7)8/h(H,5,6)(H,7,8)/i1+1. The van der Waals surface area contributed by atoms with E-state index >= 15 is 0 Å². The molecule has 0 saturated carbocycles. The summed E-state index contributed by atoms with van der Waals surface area (Å²) in [5, 5.41) is 15.5. The molecule has 0 bridgehead atoms. The van der Waals surface area contributed by atoms with Crippen LogP contribution in [0.25, 0.3) is 0 Å². The summed E-state index contributed by atoms with van der Waals surface area (Å²) in [7, 11) is 0. The summed E-state index contributed by atoms with van der Waals surface area (Å²) in [6.07, 6.45) is 0. The lowest BCUT2D eigenvalue weighted by Crippen LogP contribution is -1.92. The third-order valence-electron chi connectivity index (χ3n) is 0.276. The zero-order valence-electron chi connectivity index (χ0n) is 3.71. The van der Waals surface area contributed by atoms with Gasteiger partial charge in [0.25, 0.3) is 0 Å². The number of hydrogen-bond acceptors (Lipinski definition) is 2. The van der Waals surface area contributed by atoms with E-state index in [4.69, 9.17) is 10.2 Å². The number of carbonyl (C=O) groups is 2. The zero-order valence-corrected chi connectivity index (χ0v) is 3.71. The molecule has 4 heteroatoms. The molecule has 4 nitrogen and oxygen atoms in total. The van der Waals surface area contributed by atoms with E-state index < -0.39 is 11.9 Å². The lowest BCUT2D eigenvalue weighted by atomic mass is 10.7. The minimum atomic E-state index is -1.44. The first-order chi connectivity index (χ1) is 3.63. The smallest absolute Gasteiger partial charge is 0.382 e. The third-order valence-corrected chi connectivity index (χ3v) is 0.276. The Hall–Kier alpha value is -1.50. The Morgan fingerprint density at radius 1 is 1.00 bits per heavy atom. The van der Waals surface area contributed by atoms with E-state index in [1.165, 1.54) is 11.8 Å². The summed E-state index contributed by atoms with van der Waals surface area (Å²) in [5.74, 6) is -0.0511. The second-order valence-electron chi connectivity index (χ2n) is 0.860. The summed E-state index contributed by atoms with van der Waals surface area (Å²) in [4.78, 5) is 18.9. The Morgan fingerprint density at radius 2 is 1.25 bits per heavy atom. The Morgan fingerprint density at radius 3 is 1.38 bits per heavy atom. The van der Waals surface area contributed by atoms with Crippen molar-refractivity contribution in [2.24, 2.45) is 0 Å². The number of hydrogen-bond donors (Lipinski definition) is 2. The highest BCUT2D eigenvalue weighted by molar-refractivity contribution is 5.96. The molecule has 0 radical (unpaired) electrons. The van der Waals surface area contributed by atoms with Crippen molar-refractivity contribution in [3.8, 4) is 11.8 Å². The molecule has 0 saturated heterocycles. The monoisotopic (exact) mass is 115 g/mol. The highest BCUT2D eigenvalue weighted by Crippen LogP contribution is 1.57. The summed E-state index contributed by atoms with van der Waals surface area (Å²) in [6.45, 7) is 0. The topological polar surface area (TPSA) is 74.6 Å². The van der Waals surface area contributed by atoms with Gasteiger partial charge in [0.1, 0.15) is 0 Å². The van der Waals surface area contributed by atoms with Gasteiger partial charge in [0, 0.05) is 11.8 Å². The first-order valence-electron chi connectivity index (χ1n) is 1.61. The van der Waals surface area contributed by atoms with Crippen LogP contribution in [0.3, 0.4) is 0 Å². The number of carboxylic acids is 2. The van der Waals surface area contributed by atoms with Crippen LogP contribution in [-0.4, -0.2) is 22.2 Å². The van der Waals surface area contributed by atoms with Crippen molar-refractivity contribution in [3.63, 3.8) is 0 Å². The Labute approximate surface area is 44.7 Å². The van der Waals surface area contributed by atoms with Crippen LogP contribution in [0.1, 0.15) is 0 Å². The van der Waals surface area contributed by atoms with Crippen LogP contribution in [0.4, 0.5) is 0 Å². The first-order valence-corrected chi connectivity index (χ1v) is 1.61. The predicted molar refractivity (Wildman–Crippen MR) is 23.0 cm³/mol. The largest absolute Gasteiger partial charge is 0.472 e. The van der Waals surface area contributed by atoms with Gasteiger partial charge in [0.2, 0.25) is 0 Å². The van der Waals surface area contributed by atoms with Crippen LogP contribution in [0.5, 0.6) is 0 Å². The fraction of sp³-hybridized carbons (Fsp3) is 0. The average Bonchev–Trinajstić information content (AvgIpc) is 1.61. The van der Waals surface area contributed by atoms with E-state index in [1.54, 1.807) is 0 Å². The van der Waals surface area contributed by atoms with Crippen LogP contribution in [0.2, 0.25) is 0 Å². The van der Waals surface area contributed by atoms with E-state index in [-0.39, 0.29) is 0 Å². The van der Waals surface area contributed by atoms with Gasteiger partial charge >= 0.3 is 11.9 Å². The number of carboxylic acid groups (broad SMARTS) is 2. The maximum absolute atomic E-state index is 9.47. The van der Waals surface area contributed by atoms with Crippen LogP contribution in [0.15, 0.2) is 0 Å². The molecular formula is C4H2O4. The highest BCUT2D eigenvalue weighted by Gasteiger charge is 1.86. The van der Waals surface area contributed by atoms with Crippen LogP contribution in [-0.2, 0) is 9.59 Å². The van der Waals surface area contributed by atoms with Crippen molar-refractivity contribution in [3.05, 3.63) is 0 Å². The van der Waals surface area contributed by atoms with Gasteiger partial charge in [-0.3, -0.25) is 0 Å².